The zero-order chi connectivity index (χ0) is 14.7. The highest BCUT2D eigenvalue weighted by molar-refractivity contribution is 5.76. The molecular weight excluding hydrogens is 271 g/mol. The summed E-state index contributed by atoms with van der Waals surface area (Å²) < 4.78 is 14.9. The van der Waals surface area contributed by atoms with Crippen LogP contribution in [0.1, 0.15) is 25.1 Å². The first-order valence-electron chi connectivity index (χ1n) is 7.16. The highest BCUT2D eigenvalue weighted by Gasteiger charge is 2.18. The molecule has 0 radical (unpaired) electrons. The third-order valence-electron chi connectivity index (χ3n) is 3.70. The molecule has 2 heterocycles. The van der Waals surface area contributed by atoms with Crippen molar-refractivity contribution in [2.75, 3.05) is 13.1 Å². The Morgan fingerprint density at radius 1 is 1.29 bits per heavy atom. The van der Waals surface area contributed by atoms with Gasteiger partial charge in [-0.15, -0.1) is 0 Å². The summed E-state index contributed by atoms with van der Waals surface area (Å²) in [6.45, 7) is 1.44. The van der Waals surface area contributed by atoms with E-state index in [-0.39, 0.29) is 11.7 Å². The van der Waals surface area contributed by atoms with E-state index in [1.54, 1.807) is 16.8 Å². The van der Waals surface area contributed by atoms with Gasteiger partial charge in [-0.3, -0.25) is 4.79 Å². The highest BCUT2D eigenvalue weighted by atomic mass is 19.1. The average Bonchev–Trinajstić information content (AvgIpc) is 2.95. The van der Waals surface area contributed by atoms with Crippen LogP contribution in [0.15, 0.2) is 30.6 Å². The SMILES string of the molecule is O=C1CCCCN1CCc1ncnn1-c1cccc(F)c1. The molecule has 0 spiro atoms. The molecule has 1 aromatic carbocycles. The van der Waals surface area contributed by atoms with Crippen LogP contribution in [0.2, 0.25) is 0 Å². The minimum Gasteiger partial charge on any atom is -0.342 e. The van der Waals surface area contributed by atoms with Crippen LogP contribution in [0.3, 0.4) is 0 Å². The molecule has 0 saturated carbocycles. The fourth-order valence-corrected chi connectivity index (χ4v) is 2.59. The lowest BCUT2D eigenvalue weighted by Crippen LogP contribution is -2.37. The summed E-state index contributed by atoms with van der Waals surface area (Å²) in [4.78, 5) is 17.9. The maximum Gasteiger partial charge on any atom is 0.222 e. The van der Waals surface area contributed by atoms with Crippen LogP contribution in [-0.2, 0) is 11.2 Å². The van der Waals surface area contributed by atoms with Gasteiger partial charge in [-0.1, -0.05) is 6.07 Å². The number of rotatable bonds is 4. The Bertz CT molecular complexity index is 640. The number of benzene rings is 1. The molecule has 1 aromatic heterocycles. The number of halogens is 1. The molecule has 1 amide bonds. The largest absolute Gasteiger partial charge is 0.342 e. The standard InChI is InChI=1S/C15H17FN4O/c16-12-4-3-5-13(10-12)20-14(17-11-18-20)7-9-19-8-2-1-6-15(19)21/h3-5,10-11H,1-2,6-9H2. The smallest absolute Gasteiger partial charge is 0.222 e. The number of likely N-dealkylation sites (tertiary alicyclic amines) is 1. The predicted molar refractivity (Wildman–Crippen MR) is 75.5 cm³/mol. The maximum atomic E-state index is 13.3. The molecule has 0 aliphatic carbocycles. The van der Waals surface area contributed by atoms with Crippen molar-refractivity contribution in [2.24, 2.45) is 0 Å². The quantitative estimate of drug-likeness (QED) is 0.864. The predicted octanol–water partition coefficient (Wildman–Crippen LogP) is 1.96. The molecule has 5 nitrogen and oxygen atoms in total. The number of carbonyl (C=O) groups is 1. The van der Waals surface area contributed by atoms with Crippen LogP contribution in [0.5, 0.6) is 0 Å². The molecule has 6 heteroatoms. The van der Waals surface area contributed by atoms with Crippen molar-refractivity contribution in [3.8, 4) is 5.69 Å². The van der Waals surface area contributed by atoms with Crippen molar-refractivity contribution >= 4 is 5.91 Å². The van der Waals surface area contributed by atoms with Gasteiger partial charge in [0.15, 0.2) is 0 Å². The number of hydrogen-bond acceptors (Lipinski definition) is 3. The first-order valence-corrected chi connectivity index (χ1v) is 7.16. The van der Waals surface area contributed by atoms with Gasteiger partial charge in [-0.2, -0.15) is 5.10 Å². The van der Waals surface area contributed by atoms with Gasteiger partial charge >= 0.3 is 0 Å². The van der Waals surface area contributed by atoms with Crippen molar-refractivity contribution in [1.82, 2.24) is 19.7 Å². The van der Waals surface area contributed by atoms with Crippen LogP contribution in [0, 0.1) is 5.82 Å². The van der Waals surface area contributed by atoms with E-state index < -0.39 is 0 Å². The Balaban J connectivity index is 1.72. The van der Waals surface area contributed by atoms with Gasteiger partial charge in [0.05, 0.1) is 5.69 Å². The summed E-state index contributed by atoms with van der Waals surface area (Å²) >= 11 is 0. The molecule has 0 unspecified atom stereocenters. The summed E-state index contributed by atoms with van der Waals surface area (Å²) in [7, 11) is 0. The average molecular weight is 288 g/mol. The fraction of sp³-hybridized carbons (Fsp3) is 0.400. The van der Waals surface area contributed by atoms with E-state index in [4.69, 9.17) is 0 Å². The van der Waals surface area contributed by atoms with E-state index in [0.717, 1.165) is 25.2 Å². The summed E-state index contributed by atoms with van der Waals surface area (Å²) in [6.07, 6.45) is 4.74. The van der Waals surface area contributed by atoms with Crippen LogP contribution in [0.25, 0.3) is 5.69 Å². The van der Waals surface area contributed by atoms with Crippen LogP contribution < -0.4 is 0 Å². The van der Waals surface area contributed by atoms with Gasteiger partial charge in [-0.25, -0.2) is 14.1 Å². The second kappa shape index (κ2) is 6.03. The van der Waals surface area contributed by atoms with Gasteiger partial charge in [0, 0.05) is 25.9 Å². The molecule has 1 fully saturated rings. The molecule has 1 aliphatic heterocycles. The lowest BCUT2D eigenvalue weighted by Gasteiger charge is -2.26. The van der Waals surface area contributed by atoms with Gasteiger partial charge in [0.2, 0.25) is 5.91 Å². The number of amides is 1. The van der Waals surface area contributed by atoms with Crippen LogP contribution in [0.4, 0.5) is 4.39 Å². The monoisotopic (exact) mass is 288 g/mol. The molecule has 0 bridgehead atoms. The Kier molecular flexibility index (Phi) is 3.94. The topological polar surface area (TPSA) is 51.0 Å². The van der Waals surface area contributed by atoms with E-state index in [0.29, 0.717) is 25.1 Å². The Morgan fingerprint density at radius 3 is 3.00 bits per heavy atom. The number of aromatic nitrogens is 3. The first-order chi connectivity index (χ1) is 10.2. The van der Waals surface area contributed by atoms with Gasteiger partial charge in [-0.05, 0) is 31.0 Å². The Morgan fingerprint density at radius 2 is 2.19 bits per heavy atom. The molecule has 3 rings (SSSR count). The lowest BCUT2D eigenvalue weighted by molar-refractivity contribution is -0.133. The van der Waals surface area contributed by atoms with Crippen molar-refractivity contribution in [3.63, 3.8) is 0 Å². The zero-order valence-corrected chi connectivity index (χ0v) is 11.7. The number of hydrogen-bond donors (Lipinski definition) is 0. The van der Waals surface area contributed by atoms with Crippen molar-refractivity contribution in [3.05, 3.63) is 42.2 Å². The molecular formula is C15H17FN4O. The summed E-state index contributed by atoms with van der Waals surface area (Å²) in [5.41, 5.74) is 0.646. The molecule has 0 N–H and O–H groups in total. The van der Waals surface area contributed by atoms with Crippen LogP contribution in [-0.4, -0.2) is 38.7 Å². The minimum absolute atomic E-state index is 0.207. The summed E-state index contributed by atoms with van der Waals surface area (Å²) in [6, 6.07) is 6.24. The normalized spacial score (nSPS) is 15.5. The molecule has 1 saturated heterocycles. The molecule has 21 heavy (non-hydrogen) atoms. The maximum absolute atomic E-state index is 13.3. The van der Waals surface area contributed by atoms with Gasteiger partial charge in [0.1, 0.15) is 18.0 Å². The summed E-state index contributed by atoms with van der Waals surface area (Å²) in [5.74, 6) is 0.636. The van der Waals surface area contributed by atoms with Crippen molar-refractivity contribution in [2.45, 2.75) is 25.7 Å². The number of nitrogens with zero attached hydrogens (tertiary/aromatic N) is 4. The molecule has 110 valence electrons. The third-order valence-corrected chi connectivity index (χ3v) is 3.70. The van der Waals surface area contributed by atoms with Crippen LogP contribution >= 0.6 is 0 Å². The first kappa shape index (κ1) is 13.7. The van der Waals surface area contributed by atoms with Crippen molar-refractivity contribution in [1.29, 1.82) is 0 Å². The fourth-order valence-electron chi connectivity index (χ4n) is 2.59. The Labute approximate surface area is 122 Å². The second-order valence-electron chi connectivity index (χ2n) is 5.16. The minimum atomic E-state index is -0.305. The zero-order valence-electron chi connectivity index (χ0n) is 11.7. The van der Waals surface area contributed by atoms with E-state index in [1.807, 2.05) is 4.90 Å². The highest BCUT2D eigenvalue weighted by Crippen LogP contribution is 2.13. The molecule has 2 aromatic rings. The Hall–Kier alpha value is -2.24. The van der Waals surface area contributed by atoms with E-state index in [1.165, 1.54) is 18.5 Å². The number of carbonyl (C=O) groups excluding carboxylic acids is 1. The van der Waals surface area contributed by atoms with Gasteiger partial charge in [0.25, 0.3) is 0 Å². The van der Waals surface area contributed by atoms with Gasteiger partial charge < -0.3 is 4.90 Å². The third kappa shape index (κ3) is 3.09. The van der Waals surface area contributed by atoms with Crippen molar-refractivity contribution < 1.29 is 9.18 Å². The lowest BCUT2D eigenvalue weighted by atomic mass is 10.1. The molecule has 1 aliphatic rings. The summed E-state index contributed by atoms with van der Waals surface area (Å²) in [5, 5.41) is 4.15. The van der Waals surface area contributed by atoms with E-state index in [2.05, 4.69) is 10.1 Å². The second-order valence-corrected chi connectivity index (χ2v) is 5.16. The van der Waals surface area contributed by atoms with E-state index in [9.17, 15) is 9.18 Å². The van der Waals surface area contributed by atoms with E-state index >= 15 is 0 Å². The molecule has 0 atom stereocenters. The number of piperidine rings is 1.